The third-order valence-corrected chi connectivity index (χ3v) is 5.15. The van der Waals surface area contributed by atoms with E-state index in [4.69, 9.17) is 4.74 Å². The molecule has 30 heavy (non-hydrogen) atoms. The number of carbonyl (C=O) groups excluding carboxylic acids is 1. The van der Waals surface area contributed by atoms with Crippen LogP contribution in [-0.4, -0.2) is 61.5 Å². The lowest BCUT2D eigenvalue weighted by Crippen LogP contribution is -2.47. The van der Waals surface area contributed by atoms with Crippen molar-refractivity contribution in [2.75, 3.05) is 0 Å². The Morgan fingerprint density at radius 2 is 1.77 bits per heavy atom. The molecule has 7 heteroatoms. The van der Waals surface area contributed by atoms with Gasteiger partial charge in [0.1, 0.15) is 11.9 Å². The minimum absolute atomic E-state index is 0.0778. The zero-order chi connectivity index (χ0) is 23.1. The number of aliphatic hydroxyl groups is 5. The van der Waals surface area contributed by atoms with Crippen molar-refractivity contribution in [1.29, 1.82) is 0 Å². The van der Waals surface area contributed by atoms with Gasteiger partial charge in [-0.15, -0.1) is 0 Å². The highest BCUT2D eigenvalue weighted by atomic mass is 16.6. The van der Waals surface area contributed by atoms with Crippen molar-refractivity contribution in [1.82, 2.24) is 0 Å². The molecule has 5 N–H and O–H groups in total. The summed E-state index contributed by atoms with van der Waals surface area (Å²) in [6, 6.07) is 0. The van der Waals surface area contributed by atoms with Gasteiger partial charge in [0.15, 0.2) is 0 Å². The number of hydrogen-bond donors (Lipinski definition) is 5. The summed E-state index contributed by atoms with van der Waals surface area (Å²) < 4.78 is 5.24. The van der Waals surface area contributed by atoms with Gasteiger partial charge in [0, 0.05) is 17.9 Å². The summed E-state index contributed by atoms with van der Waals surface area (Å²) in [5, 5.41) is 49.5. The first kappa shape index (κ1) is 26.3. The molecule has 1 aliphatic heterocycles. The van der Waals surface area contributed by atoms with Gasteiger partial charge in [0.25, 0.3) is 5.79 Å². The van der Waals surface area contributed by atoms with Gasteiger partial charge in [0.05, 0.1) is 18.3 Å². The minimum atomic E-state index is -2.27. The molecule has 0 spiro atoms. The molecular weight excluding hydrogens is 388 g/mol. The Morgan fingerprint density at radius 1 is 1.13 bits per heavy atom. The average Bonchev–Trinajstić information content (AvgIpc) is 2.87. The number of ketones is 1. The zero-order valence-corrected chi connectivity index (χ0v) is 18.4. The second-order valence-electron chi connectivity index (χ2n) is 8.06. The lowest BCUT2D eigenvalue weighted by Gasteiger charge is -2.25. The second-order valence-corrected chi connectivity index (χ2v) is 8.06. The molecule has 0 aromatic rings. The fourth-order valence-corrected chi connectivity index (χ4v) is 3.19. The summed E-state index contributed by atoms with van der Waals surface area (Å²) in [7, 11) is 0. The van der Waals surface area contributed by atoms with Crippen molar-refractivity contribution in [3.8, 4) is 0 Å². The van der Waals surface area contributed by atoms with Crippen LogP contribution in [0.25, 0.3) is 0 Å². The fourth-order valence-electron chi connectivity index (χ4n) is 3.19. The van der Waals surface area contributed by atoms with E-state index in [1.807, 2.05) is 31.2 Å². The molecule has 1 heterocycles. The third kappa shape index (κ3) is 7.18. The number of Topliss-reactive ketones (excluding diaryl/α,β-unsaturated/α-hetero) is 1. The maximum absolute atomic E-state index is 12.1. The van der Waals surface area contributed by atoms with Crippen molar-refractivity contribution in [2.24, 2.45) is 5.92 Å². The Kier molecular flexibility index (Phi) is 10.1. The van der Waals surface area contributed by atoms with Crippen LogP contribution in [-0.2, 0) is 9.53 Å². The van der Waals surface area contributed by atoms with E-state index >= 15 is 0 Å². The van der Waals surface area contributed by atoms with E-state index in [2.05, 4.69) is 0 Å². The Morgan fingerprint density at radius 3 is 2.30 bits per heavy atom. The first-order valence-electron chi connectivity index (χ1n) is 10.3. The Balaban J connectivity index is 2.46. The Hall–Kier alpha value is -1.77. The second kappa shape index (κ2) is 11.6. The van der Waals surface area contributed by atoms with Crippen LogP contribution in [0.1, 0.15) is 53.9 Å². The molecule has 0 aliphatic carbocycles. The summed E-state index contributed by atoms with van der Waals surface area (Å²) in [6.45, 7) is 8.07. The van der Waals surface area contributed by atoms with E-state index in [1.165, 1.54) is 13.8 Å². The average molecular weight is 425 g/mol. The third-order valence-electron chi connectivity index (χ3n) is 5.15. The lowest BCUT2D eigenvalue weighted by atomic mass is 9.97. The molecule has 170 valence electrons. The van der Waals surface area contributed by atoms with Gasteiger partial charge in [-0.1, -0.05) is 37.3 Å². The van der Waals surface area contributed by atoms with Gasteiger partial charge in [-0.2, -0.15) is 0 Å². The van der Waals surface area contributed by atoms with Crippen molar-refractivity contribution in [3.63, 3.8) is 0 Å². The number of carbonyl (C=O) groups is 1. The van der Waals surface area contributed by atoms with Gasteiger partial charge in [-0.3, -0.25) is 4.79 Å². The molecule has 0 radical (unpaired) electrons. The fraction of sp³-hybridized carbons (Fsp3) is 0.609. The van der Waals surface area contributed by atoms with Crippen LogP contribution < -0.4 is 0 Å². The monoisotopic (exact) mass is 424 g/mol. The molecule has 0 saturated carbocycles. The molecular formula is C23H36O7. The summed E-state index contributed by atoms with van der Waals surface area (Å²) in [5.74, 6) is -2.87. The van der Waals surface area contributed by atoms with E-state index in [0.717, 1.165) is 0 Å². The van der Waals surface area contributed by atoms with Crippen molar-refractivity contribution in [2.45, 2.75) is 84.1 Å². The van der Waals surface area contributed by atoms with Crippen LogP contribution in [0.3, 0.4) is 0 Å². The van der Waals surface area contributed by atoms with E-state index in [1.54, 1.807) is 19.9 Å². The summed E-state index contributed by atoms with van der Waals surface area (Å²) in [5.41, 5.74) is 0.928. The maximum atomic E-state index is 12.1. The molecule has 0 bridgehead atoms. The highest BCUT2D eigenvalue weighted by Crippen LogP contribution is 2.34. The number of ether oxygens (including phenoxy) is 1. The molecule has 0 aromatic carbocycles. The van der Waals surface area contributed by atoms with Crippen LogP contribution in [0.15, 0.2) is 47.3 Å². The highest BCUT2D eigenvalue weighted by Gasteiger charge is 2.50. The van der Waals surface area contributed by atoms with Gasteiger partial charge >= 0.3 is 0 Å². The molecule has 7 nitrogen and oxygen atoms in total. The molecule has 1 aliphatic rings. The Labute approximate surface area is 178 Å². The molecule has 0 amide bonds. The van der Waals surface area contributed by atoms with Crippen LogP contribution in [0, 0.1) is 5.92 Å². The van der Waals surface area contributed by atoms with E-state index in [0.29, 0.717) is 18.4 Å². The van der Waals surface area contributed by atoms with Crippen molar-refractivity contribution >= 4 is 5.78 Å². The van der Waals surface area contributed by atoms with Gasteiger partial charge in [0.2, 0.25) is 5.78 Å². The topological polar surface area (TPSA) is 127 Å². The SMILES string of the molecule is CC1=C(C[C@H](O)CC/C=C/C=C/[C@@H](C)[C@@H](O)/C(C)=C/[C@H](C)O)O[C@](O)([C@@H](C)O)C1=O. The predicted octanol–water partition coefficient (Wildman–Crippen LogP) is 1.90. The van der Waals surface area contributed by atoms with Crippen molar-refractivity contribution < 1.29 is 35.1 Å². The van der Waals surface area contributed by atoms with Crippen LogP contribution in [0.5, 0.6) is 0 Å². The minimum Gasteiger partial charge on any atom is -0.456 e. The first-order chi connectivity index (χ1) is 13.9. The van der Waals surface area contributed by atoms with Gasteiger partial charge in [-0.05, 0) is 46.1 Å². The number of aliphatic hydroxyl groups excluding tert-OH is 4. The number of allylic oxidation sites excluding steroid dienone is 3. The Bertz CT molecular complexity index is 702. The highest BCUT2D eigenvalue weighted by molar-refractivity contribution is 6.03. The summed E-state index contributed by atoms with van der Waals surface area (Å²) in [6.07, 6.45) is 6.70. The number of rotatable bonds is 11. The summed E-state index contributed by atoms with van der Waals surface area (Å²) in [4.78, 5) is 12.1. The van der Waals surface area contributed by atoms with Crippen LogP contribution >= 0.6 is 0 Å². The van der Waals surface area contributed by atoms with Crippen molar-refractivity contribution in [3.05, 3.63) is 47.3 Å². The van der Waals surface area contributed by atoms with E-state index in [9.17, 15) is 30.3 Å². The standard InChI is InChI=1S/C23H36O7/c1-14(21(27)15(2)12-16(3)24)10-8-6-7-9-11-19(26)13-20-17(4)22(28)23(29,30-20)18(5)25/h6-8,10,12,14,16,18-19,21,24-27,29H,9,11,13H2,1-5H3/b7-6+,10-8+,15-12+/t14-,16+,18-,19-,21-,23-/m1/s1. The first-order valence-corrected chi connectivity index (χ1v) is 10.3. The maximum Gasteiger partial charge on any atom is 0.298 e. The summed E-state index contributed by atoms with van der Waals surface area (Å²) >= 11 is 0. The van der Waals surface area contributed by atoms with E-state index < -0.39 is 36.0 Å². The molecule has 0 unspecified atom stereocenters. The smallest absolute Gasteiger partial charge is 0.298 e. The van der Waals surface area contributed by atoms with Gasteiger partial charge < -0.3 is 30.3 Å². The zero-order valence-electron chi connectivity index (χ0n) is 18.4. The predicted molar refractivity (Wildman–Crippen MR) is 114 cm³/mol. The van der Waals surface area contributed by atoms with Gasteiger partial charge in [-0.25, -0.2) is 0 Å². The van der Waals surface area contributed by atoms with E-state index in [-0.39, 0.29) is 23.7 Å². The molecule has 6 atom stereocenters. The molecule has 0 fully saturated rings. The largest absolute Gasteiger partial charge is 0.456 e. The molecule has 0 saturated heterocycles. The lowest BCUT2D eigenvalue weighted by molar-refractivity contribution is -0.213. The quantitative estimate of drug-likeness (QED) is 0.253. The molecule has 0 aromatic heterocycles. The van der Waals surface area contributed by atoms with Crippen LogP contribution in [0.2, 0.25) is 0 Å². The number of hydrogen-bond acceptors (Lipinski definition) is 7. The van der Waals surface area contributed by atoms with Crippen LogP contribution in [0.4, 0.5) is 0 Å². The normalized spacial score (nSPS) is 25.7. The molecule has 1 rings (SSSR count).